The lowest BCUT2D eigenvalue weighted by Crippen LogP contribution is -2.58. The second-order valence-corrected chi connectivity index (χ2v) is 8.09. The van der Waals surface area contributed by atoms with Crippen LogP contribution in [0, 0.1) is 5.41 Å². The average Bonchev–Trinajstić information content (AvgIpc) is 2.83. The number of nitrogens with two attached hydrogens (primary N) is 1. The van der Waals surface area contributed by atoms with Gasteiger partial charge in [0, 0.05) is 17.7 Å². The van der Waals surface area contributed by atoms with Crippen molar-refractivity contribution in [3.8, 4) is 5.75 Å². The van der Waals surface area contributed by atoms with E-state index in [0.717, 1.165) is 4.90 Å². The molecule has 10 nitrogen and oxygen atoms in total. The molecule has 190 valence electrons. The number of nitrogens with one attached hydrogen (secondary N) is 1. The molecule has 0 aliphatic heterocycles. The van der Waals surface area contributed by atoms with E-state index in [1.165, 1.54) is 44.2 Å². The van der Waals surface area contributed by atoms with Crippen molar-refractivity contribution in [1.29, 1.82) is 5.41 Å². The Morgan fingerprint density at radius 3 is 2.00 bits per heavy atom. The second-order valence-electron chi connectivity index (χ2n) is 8.09. The monoisotopic (exact) mass is 495 g/mol. The van der Waals surface area contributed by atoms with E-state index < -0.39 is 35.8 Å². The Bertz CT molecular complexity index is 1190. The van der Waals surface area contributed by atoms with Crippen LogP contribution in [0.15, 0.2) is 54.1 Å². The lowest BCUT2D eigenvalue weighted by molar-refractivity contribution is -0.163. The zero-order valence-corrected chi connectivity index (χ0v) is 20.3. The molecule has 10 heteroatoms. The van der Waals surface area contributed by atoms with Gasteiger partial charge in [-0.2, -0.15) is 0 Å². The fraction of sp³-hybridized carbons (Fsp3) is 0.269. The van der Waals surface area contributed by atoms with E-state index >= 15 is 0 Å². The number of carbonyl (C=O) groups excluding carboxylic acids is 2. The second kappa shape index (κ2) is 11.8. The Labute approximate surface area is 208 Å². The van der Waals surface area contributed by atoms with Crippen molar-refractivity contribution < 1.29 is 34.1 Å². The van der Waals surface area contributed by atoms with Crippen molar-refractivity contribution in [2.24, 2.45) is 5.73 Å². The fourth-order valence-electron chi connectivity index (χ4n) is 3.75. The number of aliphatic carboxylic acids is 2. The molecule has 0 heterocycles. The summed E-state index contributed by atoms with van der Waals surface area (Å²) < 4.78 is 5.31. The molecule has 0 aliphatic rings. The quantitative estimate of drug-likeness (QED) is 0.121. The topological polar surface area (TPSA) is 171 Å². The number of likely N-dealkylation sites (N-methyl/N-ethyl adjacent to an activating group) is 1. The lowest BCUT2D eigenvalue weighted by atomic mass is 9.88. The van der Waals surface area contributed by atoms with E-state index in [1.54, 1.807) is 31.2 Å². The number of hydrogen-bond donors (Lipinski definition) is 4. The Kier molecular flexibility index (Phi) is 9.09. The van der Waals surface area contributed by atoms with Gasteiger partial charge >= 0.3 is 17.9 Å². The Morgan fingerprint density at radius 2 is 1.56 bits per heavy atom. The molecule has 2 rings (SSSR count). The third-order valence-corrected chi connectivity index (χ3v) is 5.75. The molecule has 0 radical (unpaired) electrons. The number of nitrogens with zero attached hydrogens (tertiary/aromatic N) is 1. The van der Waals surface area contributed by atoms with Crippen molar-refractivity contribution in [3.05, 3.63) is 70.8 Å². The van der Waals surface area contributed by atoms with Crippen molar-refractivity contribution in [3.63, 3.8) is 0 Å². The van der Waals surface area contributed by atoms with Gasteiger partial charge < -0.3 is 25.6 Å². The third-order valence-electron chi connectivity index (χ3n) is 5.75. The number of nitrogen functional groups attached to an aromatic ring is 1. The minimum absolute atomic E-state index is 0.00953. The Morgan fingerprint density at radius 1 is 1.00 bits per heavy atom. The summed E-state index contributed by atoms with van der Waals surface area (Å²) in [6, 6.07) is 12.4. The fourth-order valence-corrected chi connectivity index (χ4v) is 3.75. The number of benzene rings is 2. The van der Waals surface area contributed by atoms with Crippen molar-refractivity contribution in [1.82, 2.24) is 4.90 Å². The standard InChI is InChI=1S/C26H29N3O7/c1-4-26(25(34)35,15-21(30)31)29(5-2)23(32)16(3)14-17-6-8-19(9-7-17)24(33)36-20-12-10-18(11-13-20)22(27)28/h6-14H,4-5,15H2,1-3H3,(H3,27,28)(H,30,31)(H,34,35)/b16-14+/t26-/m0/s1. The summed E-state index contributed by atoms with van der Waals surface area (Å²) in [6.07, 6.45) is 0.736. The maximum absolute atomic E-state index is 13.1. The summed E-state index contributed by atoms with van der Waals surface area (Å²) >= 11 is 0. The number of carbonyl (C=O) groups is 4. The number of amides is 1. The summed E-state index contributed by atoms with van der Waals surface area (Å²) in [6.45, 7) is 4.65. The van der Waals surface area contributed by atoms with Crippen LogP contribution in [0.2, 0.25) is 0 Å². The first-order valence-corrected chi connectivity index (χ1v) is 11.2. The van der Waals surface area contributed by atoms with Gasteiger partial charge in [-0.1, -0.05) is 19.1 Å². The van der Waals surface area contributed by atoms with Gasteiger partial charge in [-0.15, -0.1) is 0 Å². The van der Waals surface area contributed by atoms with Gasteiger partial charge in [0.25, 0.3) is 0 Å². The highest BCUT2D eigenvalue weighted by Crippen LogP contribution is 2.27. The summed E-state index contributed by atoms with van der Waals surface area (Å²) in [5.74, 6) is -3.71. The molecular formula is C26H29N3O7. The van der Waals surface area contributed by atoms with Crippen LogP contribution in [0.4, 0.5) is 0 Å². The molecule has 0 saturated carbocycles. The minimum Gasteiger partial charge on any atom is -0.481 e. The van der Waals surface area contributed by atoms with E-state index in [2.05, 4.69) is 0 Å². The maximum atomic E-state index is 13.1. The summed E-state index contributed by atoms with van der Waals surface area (Å²) in [7, 11) is 0. The molecule has 0 aromatic heterocycles. The minimum atomic E-state index is -1.87. The molecule has 2 aromatic rings. The van der Waals surface area contributed by atoms with Crippen LogP contribution in [0.3, 0.4) is 0 Å². The molecule has 1 amide bonds. The van der Waals surface area contributed by atoms with E-state index in [9.17, 15) is 29.4 Å². The zero-order chi connectivity index (χ0) is 27.0. The first-order chi connectivity index (χ1) is 16.9. The maximum Gasteiger partial charge on any atom is 0.343 e. The van der Waals surface area contributed by atoms with Gasteiger partial charge in [0.15, 0.2) is 5.54 Å². The number of hydrogen-bond acceptors (Lipinski definition) is 6. The van der Waals surface area contributed by atoms with Crippen LogP contribution >= 0.6 is 0 Å². The predicted octanol–water partition coefficient (Wildman–Crippen LogP) is 3.15. The Balaban J connectivity index is 2.21. The average molecular weight is 496 g/mol. The Hall–Kier alpha value is -4.47. The number of ether oxygens (including phenoxy) is 1. The van der Waals surface area contributed by atoms with E-state index in [0.29, 0.717) is 11.1 Å². The molecular weight excluding hydrogens is 466 g/mol. The molecule has 0 bridgehead atoms. The van der Waals surface area contributed by atoms with Crippen LogP contribution in [0.5, 0.6) is 5.75 Å². The van der Waals surface area contributed by atoms with Crippen molar-refractivity contribution in [2.75, 3.05) is 6.54 Å². The summed E-state index contributed by atoms with van der Waals surface area (Å²) in [5.41, 5.74) is 5.09. The largest absolute Gasteiger partial charge is 0.481 e. The highest BCUT2D eigenvalue weighted by molar-refractivity contribution is 6.01. The first kappa shape index (κ1) is 27.8. The smallest absolute Gasteiger partial charge is 0.343 e. The molecule has 36 heavy (non-hydrogen) atoms. The molecule has 0 spiro atoms. The third kappa shape index (κ3) is 6.35. The molecule has 0 aliphatic carbocycles. The summed E-state index contributed by atoms with van der Waals surface area (Å²) in [4.78, 5) is 50.0. The molecule has 0 fully saturated rings. The van der Waals surface area contributed by atoms with Crippen LogP contribution in [-0.4, -0.2) is 56.8 Å². The number of rotatable bonds is 11. The van der Waals surface area contributed by atoms with Crippen LogP contribution < -0.4 is 10.5 Å². The molecule has 2 aromatic carbocycles. The number of esters is 1. The van der Waals surface area contributed by atoms with E-state index in [4.69, 9.17) is 15.9 Å². The lowest BCUT2D eigenvalue weighted by Gasteiger charge is -2.38. The first-order valence-electron chi connectivity index (χ1n) is 11.2. The van der Waals surface area contributed by atoms with Gasteiger partial charge in [0.1, 0.15) is 11.6 Å². The van der Waals surface area contributed by atoms with Crippen LogP contribution in [0.1, 0.15) is 55.1 Å². The normalized spacial score (nSPS) is 12.8. The van der Waals surface area contributed by atoms with E-state index in [-0.39, 0.29) is 35.7 Å². The summed E-state index contributed by atoms with van der Waals surface area (Å²) in [5, 5.41) is 26.4. The van der Waals surface area contributed by atoms with Crippen molar-refractivity contribution in [2.45, 2.75) is 39.2 Å². The highest BCUT2D eigenvalue weighted by atomic mass is 16.5. The van der Waals surface area contributed by atoms with Crippen LogP contribution in [-0.2, 0) is 14.4 Å². The number of carboxylic acid groups (broad SMARTS) is 2. The molecule has 0 saturated heterocycles. The van der Waals surface area contributed by atoms with Gasteiger partial charge in [-0.25, -0.2) is 9.59 Å². The molecule has 1 atom stereocenters. The SMILES string of the molecule is CCN(C(=O)/C(C)=C/c1ccc(C(=O)Oc2ccc(C(=N)N)cc2)cc1)[C@@](CC)(CC(=O)O)C(=O)O. The van der Waals surface area contributed by atoms with Gasteiger partial charge in [-0.05, 0) is 68.3 Å². The highest BCUT2D eigenvalue weighted by Gasteiger charge is 2.46. The van der Waals surface area contributed by atoms with E-state index in [1.807, 2.05) is 0 Å². The predicted molar refractivity (Wildman–Crippen MR) is 133 cm³/mol. The van der Waals surface area contributed by atoms with Crippen LogP contribution in [0.25, 0.3) is 6.08 Å². The number of amidine groups is 1. The molecule has 0 unspecified atom stereocenters. The van der Waals surface area contributed by atoms with Gasteiger partial charge in [0.05, 0.1) is 12.0 Å². The van der Waals surface area contributed by atoms with Gasteiger partial charge in [0.2, 0.25) is 5.91 Å². The molecule has 5 N–H and O–H groups in total. The van der Waals surface area contributed by atoms with Crippen molar-refractivity contribution >= 4 is 35.7 Å². The number of carboxylic acids is 2. The van der Waals surface area contributed by atoms with Gasteiger partial charge in [-0.3, -0.25) is 15.0 Å². The zero-order valence-electron chi connectivity index (χ0n) is 20.3.